The first-order chi connectivity index (χ1) is 15.6. The number of nitrogens with zero attached hydrogens (tertiary/aromatic N) is 1. The zero-order valence-corrected chi connectivity index (χ0v) is 18.9. The molecule has 0 aliphatic heterocycles. The van der Waals surface area contributed by atoms with Crippen LogP contribution in [0.5, 0.6) is 11.5 Å². The Labute approximate surface area is 191 Å². The third-order valence-electron chi connectivity index (χ3n) is 4.24. The summed E-state index contributed by atoms with van der Waals surface area (Å²) < 4.78 is 62.7. The third kappa shape index (κ3) is 5.49. The third-order valence-corrected chi connectivity index (χ3v) is 6.87. The van der Waals surface area contributed by atoms with Gasteiger partial charge in [-0.3, -0.25) is 9.59 Å². The molecule has 0 aliphatic carbocycles. The van der Waals surface area contributed by atoms with Gasteiger partial charge in [0.05, 0.1) is 36.8 Å². The van der Waals surface area contributed by atoms with Crippen molar-refractivity contribution in [2.24, 2.45) is 0 Å². The number of carbonyl (C=O) groups excluding carboxylic acids is 1. The van der Waals surface area contributed by atoms with E-state index in [1.807, 2.05) is 0 Å². The van der Waals surface area contributed by atoms with E-state index in [0.717, 1.165) is 36.2 Å². The number of halogens is 2. The number of nitrogens with one attached hydrogen (secondary N) is 2. The van der Waals surface area contributed by atoms with Gasteiger partial charge in [-0.2, -0.15) is 0 Å². The Morgan fingerprint density at radius 2 is 1.85 bits per heavy atom. The van der Waals surface area contributed by atoms with Crippen LogP contribution >= 0.6 is 11.8 Å². The molecule has 1 aromatic heterocycles. The summed E-state index contributed by atoms with van der Waals surface area (Å²) in [5.74, 6) is -2.06. The molecule has 3 rings (SSSR count). The quantitative estimate of drug-likeness (QED) is 0.359. The topological polar surface area (TPSA) is 127 Å². The number of ether oxygens (including phenoxy) is 2. The number of H-pyrrole nitrogens is 1. The number of benzene rings is 2. The molecule has 2 aromatic carbocycles. The van der Waals surface area contributed by atoms with Gasteiger partial charge in [-0.1, -0.05) is 11.8 Å². The molecule has 0 spiro atoms. The minimum atomic E-state index is -4.23. The van der Waals surface area contributed by atoms with Crippen LogP contribution in [0.15, 0.2) is 62.3 Å². The van der Waals surface area contributed by atoms with Gasteiger partial charge in [-0.05, 0) is 24.3 Å². The number of thioether (sulfide) groups is 1. The van der Waals surface area contributed by atoms with E-state index in [4.69, 9.17) is 9.47 Å². The predicted molar refractivity (Wildman–Crippen MR) is 116 cm³/mol. The number of amides is 1. The van der Waals surface area contributed by atoms with Gasteiger partial charge in [0.2, 0.25) is 15.7 Å². The molecule has 3 aromatic rings. The highest BCUT2D eigenvalue weighted by atomic mass is 32.2. The van der Waals surface area contributed by atoms with Crippen molar-refractivity contribution in [3.8, 4) is 11.5 Å². The number of aromatic nitrogens is 2. The lowest BCUT2D eigenvalue weighted by molar-refractivity contribution is -0.113. The van der Waals surface area contributed by atoms with Crippen molar-refractivity contribution in [2.75, 3.05) is 25.3 Å². The van der Waals surface area contributed by atoms with Crippen LogP contribution in [0.4, 0.5) is 14.5 Å². The van der Waals surface area contributed by atoms with Gasteiger partial charge < -0.3 is 19.8 Å². The molecule has 0 atom stereocenters. The van der Waals surface area contributed by atoms with Crippen LogP contribution in [-0.2, 0) is 14.6 Å². The molecule has 2 N–H and O–H groups in total. The SMILES string of the molecule is COc1ccc(S(=O)(=O)c2cnc(SCC(=O)Nc3cc(F)ccc3F)[nH]c2=O)cc1OC. The molecule has 13 heteroatoms. The molecule has 174 valence electrons. The molecule has 1 heterocycles. The molecule has 0 radical (unpaired) electrons. The zero-order valence-electron chi connectivity index (χ0n) is 17.2. The van der Waals surface area contributed by atoms with Crippen molar-refractivity contribution >= 4 is 33.2 Å². The van der Waals surface area contributed by atoms with Gasteiger partial charge in [-0.25, -0.2) is 22.2 Å². The summed E-state index contributed by atoms with van der Waals surface area (Å²) >= 11 is 0.772. The Morgan fingerprint density at radius 3 is 2.52 bits per heavy atom. The number of anilines is 1. The van der Waals surface area contributed by atoms with Crippen LogP contribution in [0.2, 0.25) is 0 Å². The largest absolute Gasteiger partial charge is 0.493 e. The molecule has 9 nitrogen and oxygen atoms in total. The molecule has 0 saturated heterocycles. The second-order valence-corrected chi connectivity index (χ2v) is 9.25. The Kier molecular flexibility index (Phi) is 7.33. The van der Waals surface area contributed by atoms with Gasteiger partial charge in [0.15, 0.2) is 21.6 Å². The maximum absolute atomic E-state index is 13.6. The average Bonchev–Trinajstić information content (AvgIpc) is 2.79. The van der Waals surface area contributed by atoms with Gasteiger partial charge in [0.25, 0.3) is 5.56 Å². The molecular weight excluding hydrogens is 480 g/mol. The second-order valence-electron chi connectivity index (χ2n) is 6.36. The number of methoxy groups -OCH3 is 2. The number of aromatic amines is 1. The molecule has 0 aliphatic rings. The van der Waals surface area contributed by atoms with Crippen LogP contribution in [0.25, 0.3) is 0 Å². The van der Waals surface area contributed by atoms with Crippen LogP contribution in [0, 0.1) is 11.6 Å². The Morgan fingerprint density at radius 1 is 1.12 bits per heavy atom. The van der Waals surface area contributed by atoms with Crippen molar-refractivity contribution in [3.63, 3.8) is 0 Å². The zero-order chi connectivity index (χ0) is 24.2. The fraction of sp³-hybridized carbons (Fsp3) is 0.150. The van der Waals surface area contributed by atoms with E-state index in [-0.39, 0.29) is 27.2 Å². The lowest BCUT2D eigenvalue weighted by atomic mass is 10.3. The summed E-state index contributed by atoms with van der Waals surface area (Å²) in [6.45, 7) is 0. The summed E-state index contributed by atoms with van der Waals surface area (Å²) in [4.78, 5) is 29.8. The molecule has 0 bridgehead atoms. The fourth-order valence-electron chi connectivity index (χ4n) is 2.66. The van der Waals surface area contributed by atoms with Crippen molar-refractivity contribution in [1.82, 2.24) is 9.97 Å². The minimum absolute atomic E-state index is 0.0406. The van der Waals surface area contributed by atoms with Gasteiger partial charge in [0.1, 0.15) is 11.6 Å². The molecule has 0 unspecified atom stereocenters. The van der Waals surface area contributed by atoms with E-state index < -0.39 is 37.8 Å². The number of sulfone groups is 1. The summed E-state index contributed by atoms with van der Waals surface area (Å²) in [7, 11) is -1.50. The average molecular weight is 498 g/mol. The maximum Gasteiger partial charge on any atom is 0.270 e. The van der Waals surface area contributed by atoms with Crippen LogP contribution in [-0.4, -0.2) is 44.3 Å². The number of hydrogen-bond acceptors (Lipinski definition) is 8. The molecule has 1 amide bonds. The minimum Gasteiger partial charge on any atom is -0.493 e. The van der Waals surface area contributed by atoms with Crippen LogP contribution < -0.4 is 20.3 Å². The van der Waals surface area contributed by atoms with Crippen molar-refractivity contribution in [2.45, 2.75) is 14.9 Å². The lowest BCUT2D eigenvalue weighted by Gasteiger charge is -2.10. The predicted octanol–water partition coefficient (Wildman–Crippen LogP) is 2.63. The summed E-state index contributed by atoms with van der Waals surface area (Å²) in [5, 5.41) is 2.16. The normalized spacial score (nSPS) is 11.2. The van der Waals surface area contributed by atoms with E-state index in [9.17, 15) is 26.8 Å². The van der Waals surface area contributed by atoms with E-state index in [1.165, 1.54) is 32.4 Å². The first-order valence-electron chi connectivity index (χ1n) is 9.10. The summed E-state index contributed by atoms with van der Waals surface area (Å²) in [6, 6.07) is 6.46. The molecule has 0 saturated carbocycles. The van der Waals surface area contributed by atoms with Crippen molar-refractivity contribution < 1.29 is 31.5 Å². The van der Waals surface area contributed by atoms with Crippen molar-refractivity contribution in [1.29, 1.82) is 0 Å². The monoisotopic (exact) mass is 497 g/mol. The highest BCUT2D eigenvalue weighted by Gasteiger charge is 2.24. The first kappa shape index (κ1) is 24.2. The molecule has 33 heavy (non-hydrogen) atoms. The smallest absolute Gasteiger partial charge is 0.270 e. The summed E-state index contributed by atoms with van der Waals surface area (Å²) in [6.07, 6.45) is 0.872. The fourth-order valence-corrected chi connectivity index (χ4v) is 4.54. The highest BCUT2D eigenvalue weighted by molar-refractivity contribution is 7.99. The standard InChI is InChI=1S/C20H17F2N3O6S2/c1-30-15-6-4-12(8-16(15)31-2)33(28,29)17-9-23-20(25-19(17)27)32-10-18(26)24-14-7-11(21)3-5-13(14)22/h3-9H,10H2,1-2H3,(H,24,26)(H,23,25,27). The highest BCUT2D eigenvalue weighted by Crippen LogP contribution is 2.31. The van der Waals surface area contributed by atoms with E-state index in [1.54, 1.807) is 0 Å². The Balaban J connectivity index is 1.75. The van der Waals surface area contributed by atoms with Crippen molar-refractivity contribution in [3.05, 3.63) is 64.6 Å². The lowest BCUT2D eigenvalue weighted by Crippen LogP contribution is -2.20. The van der Waals surface area contributed by atoms with Gasteiger partial charge in [-0.15, -0.1) is 0 Å². The van der Waals surface area contributed by atoms with E-state index >= 15 is 0 Å². The van der Waals surface area contributed by atoms with E-state index in [0.29, 0.717) is 5.75 Å². The van der Waals surface area contributed by atoms with Gasteiger partial charge in [0, 0.05) is 12.1 Å². The van der Waals surface area contributed by atoms with Gasteiger partial charge >= 0.3 is 0 Å². The Hall–Kier alpha value is -3.45. The first-order valence-corrected chi connectivity index (χ1v) is 11.6. The number of rotatable bonds is 8. The van der Waals surface area contributed by atoms with Crippen LogP contribution in [0.1, 0.15) is 0 Å². The molecule has 0 fully saturated rings. The number of hydrogen-bond donors (Lipinski definition) is 2. The maximum atomic E-state index is 13.6. The van der Waals surface area contributed by atoms with Crippen LogP contribution in [0.3, 0.4) is 0 Å². The Bertz CT molecular complexity index is 1360. The summed E-state index contributed by atoms with van der Waals surface area (Å²) in [5.41, 5.74) is -1.28. The molecular formula is C20H17F2N3O6S2. The number of carbonyl (C=O) groups is 1. The second kappa shape index (κ2) is 10.0. The van der Waals surface area contributed by atoms with E-state index in [2.05, 4.69) is 15.3 Å².